The van der Waals surface area contributed by atoms with E-state index in [2.05, 4.69) is 29.1 Å². The van der Waals surface area contributed by atoms with Crippen molar-refractivity contribution in [1.82, 2.24) is 9.97 Å². The van der Waals surface area contributed by atoms with Gasteiger partial charge in [-0.2, -0.15) is 0 Å². The van der Waals surface area contributed by atoms with Crippen molar-refractivity contribution in [3.05, 3.63) is 11.9 Å². The third-order valence-electron chi connectivity index (χ3n) is 3.28. The van der Waals surface area contributed by atoms with Gasteiger partial charge in [0.2, 0.25) is 0 Å². The minimum Gasteiger partial charge on any atom is -0.384 e. The van der Waals surface area contributed by atoms with E-state index in [1.54, 1.807) is 6.07 Å². The van der Waals surface area contributed by atoms with Crippen molar-refractivity contribution in [2.75, 3.05) is 24.3 Å². The van der Waals surface area contributed by atoms with Gasteiger partial charge in [0.15, 0.2) is 5.82 Å². The molecular weight excluding hydrogens is 256 g/mol. The first-order chi connectivity index (χ1) is 9.48. The van der Waals surface area contributed by atoms with Crippen LogP contribution in [0.2, 0.25) is 0 Å². The number of aromatic nitrogens is 2. The quantitative estimate of drug-likeness (QED) is 0.858. The Hall–Kier alpha value is -1.40. The molecule has 1 atom stereocenters. The molecule has 0 saturated carbocycles. The van der Waals surface area contributed by atoms with Crippen LogP contribution in [-0.2, 0) is 16.1 Å². The lowest BCUT2D eigenvalue weighted by Crippen LogP contribution is -2.40. The number of nitrogens with one attached hydrogen (secondary N) is 1. The third-order valence-corrected chi connectivity index (χ3v) is 3.28. The lowest BCUT2D eigenvalue weighted by Gasteiger charge is -2.36. The van der Waals surface area contributed by atoms with E-state index in [0.717, 1.165) is 25.3 Å². The SMILES string of the molecule is CCOCc1nc(N)cc(NC2CCOC(C)(C)C2)n1. The van der Waals surface area contributed by atoms with E-state index in [9.17, 15) is 0 Å². The highest BCUT2D eigenvalue weighted by molar-refractivity contribution is 5.45. The lowest BCUT2D eigenvalue weighted by molar-refractivity contribution is -0.0553. The van der Waals surface area contributed by atoms with Crippen LogP contribution in [0, 0.1) is 0 Å². The fraction of sp³-hybridized carbons (Fsp3) is 0.714. The largest absolute Gasteiger partial charge is 0.384 e. The minimum atomic E-state index is -0.0946. The summed E-state index contributed by atoms with van der Waals surface area (Å²) >= 11 is 0. The zero-order chi connectivity index (χ0) is 14.6. The molecule has 1 saturated heterocycles. The lowest BCUT2D eigenvalue weighted by atomic mass is 9.94. The summed E-state index contributed by atoms with van der Waals surface area (Å²) in [6.07, 6.45) is 1.91. The molecule has 112 valence electrons. The summed E-state index contributed by atoms with van der Waals surface area (Å²) in [6.45, 7) is 7.93. The summed E-state index contributed by atoms with van der Waals surface area (Å²) in [7, 11) is 0. The van der Waals surface area contributed by atoms with Crippen LogP contribution in [0.3, 0.4) is 0 Å². The Morgan fingerprint density at radius 3 is 3.00 bits per heavy atom. The summed E-state index contributed by atoms with van der Waals surface area (Å²) < 4.78 is 11.0. The second-order valence-electron chi connectivity index (χ2n) is 5.67. The van der Waals surface area contributed by atoms with Gasteiger partial charge in [-0.05, 0) is 33.6 Å². The summed E-state index contributed by atoms with van der Waals surface area (Å²) in [5.74, 6) is 1.83. The molecule has 1 fully saturated rings. The Balaban J connectivity index is 2.03. The van der Waals surface area contributed by atoms with Crippen molar-refractivity contribution in [1.29, 1.82) is 0 Å². The molecule has 2 heterocycles. The van der Waals surface area contributed by atoms with E-state index in [1.165, 1.54) is 0 Å². The predicted octanol–water partition coefficient (Wildman–Crippen LogP) is 1.96. The first-order valence-corrected chi connectivity index (χ1v) is 7.10. The maximum absolute atomic E-state index is 5.82. The van der Waals surface area contributed by atoms with Gasteiger partial charge in [-0.25, -0.2) is 9.97 Å². The number of hydrogen-bond acceptors (Lipinski definition) is 6. The van der Waals surface area contributed by atoms with Crippen molar-refractivity contribution in [2.45, 2.75) is 51.9 Å². The topological polar surface area (TPSA) is 82.3 Å². The Kier molecular flexibility index (Phi) is 4.77. The normalized spacial score (nSPS) is 21.6. The molecule has 0 aliphatic carbocycles. The second kappa shape index (κ2) is 6.37. The predicted molar refractivity (Wildman–Crippen MR) is 78.5 cm³/mol. The van der Waals surface area contributed by atoms with Gasteiger partial charge in [-0.15, -0.1) is 0 Å². The Morgan fingerprint density at radius 2 is 2.30 bits per heavy atom. The summed E-state index contributed by atoms with van der Waals surface area (Å²) in [6, 6.07) is 2.10. The van der Waals surface area contributed by atoms with Gasteiger partial charge in [-0.1, -0.05) is 0 Å². The number of nitrogens with zero attached hydrogens (tertiary/aromatic N) is 2. The standard InChI is InChI=1S/C14H24N4O2/c1-4-19-9-13-17-11(15)7-12(18-13)16-10-5-6-20-14(2,3)8-10/h7,10H,4-6,8-9H2,1-3H3,(H3,15,16,17,18). The van der Waals surface area contributed by atoms with Crippen molar-refractivity contribution in [2.24, 2.45) is 0 Å². The fourth-order valence-corrected chi connectivity index (χ4v) is 2.41. The van der Waals surface area contributed by atoms with E-state index in [1.807, 2.05) is 6.92 Å². The smallest absolute Gasteiger partial charge is 0.158 e. The van der Waals surface area contributed by atoms with Crippen molar-refractivity contribution in [3.63, 3.8) is 0 Å². The minimum absolute atomic E-state index is 0.0946. The average molecular weight is 280 g/mol. The van der Waals surface area contributed by atoms with Crippen molar-refractivity contribution < 1.29 is 9.47 Å². The molecule has 1 aromatic rings. The zero-order valence-corrected chi connectivity index (χ0v) is 12.5. The first kappa shape index (κ1) is 15.0. The van der Waals surface area contributed by atoms with E-state index in [0.29, 0.717) is 30.9 Å². The van der Waals surface area contributed by atoms with Gasteiger partial charge in [0.05, 0.1) is 5.60 Å². The number of hydrogen-bond donors (Lipinski definition) is 2. The maximum atomic E-state index is 5.82. The molecule has 0 amide bonds. The number of anilines is 2. The summed E-state index contributed by atoms with van der Waals surface area (Å²) in [5.41, 5.74) is 5.72. The molecule has 0 bridgehead atoms. The molecule has 20 heavy (non-hydrogen) atoms. The molecule has 3 N–H and O–H groups in total. The molecule has 0 radical (unpaired) electrons. The molecule has 6 heteroatoms. The van der Waals surface area contributed by atoms with Crippen LogP contribution in [0.5, 0.6) is 0 Å². The van der Waals surface area contributed by atoms with Crippen LogP contribution in [0.25, 0.3) is 0 Å². The van der Waals surface area contributed by atoms with E-state index < -0.39 is 0 Å². The highest BCUT2D eigenvalue weighted by Gasteiger charge is 2.28. The second-order valence-corrected chi connectivity index (χ2v) is 5.67. The highest BCUT2D eigenvalue weighted by atomic mass is 16.5. The van der Waals surface area contributed by atoms with Gasteiger partial charge in [0.25, 0.3) is 0 Å². The van der Waals surface area contributed by atoms with Crippen LogP contribution < -0.4 is 11.1 Å². The van der Waals surface area contributed by atoms with Gasteiger partial charge in [-0.3, -0.25) is 0 Å². The van der Waals surface area contributed by atoms with Gasteiger partial charge in [0.1, 0.15) is 18.2 Å². The molecular formula is C14H24N4O2. The maximum Gasteiger partial charge on any atom is 0.158 e. The summed E-state index contributed by atoms with van der Waals surface area (Å²) in [5, 5.41) is 3.43. The van der Waals surface area contributed by atoms with Gasteiger partial charge < -0.3 is 20.5 Å². The molecule has 1 aromatic heterocycles. The van der Waals surface area contributed by atoms with Crippen LogP contribution in [0.4, 0.5) is 11.6 Å². The molecule has 1 aliphatic heterocycles. The van der Waals surface area contributed by atoms with Crippen molar-refractivity contribution >= 4 is 11.6 Å². The third kappa shape index (κ3) is 4.31. The van der Waals surface area contributed by atoms with E-state index in [-0.39, 0.29) is 5.60 Å². The number of nitrogens with two attached hydrogens (primary N) is 1. The van der Waals surface area contributed by atoms with E-state index >= 15 is 0 Å². The van der Waals surface area contributed by atoms with Crippen LogP contribution in [-0.4, -0.2) is 34.8 Å². The average Bonchev–Trinajstić information content (AvgIpc) is 2.34. The number of nitrogen functional groups attached to an aromatic ring is 1. The molecule has 2 rings (SSSR count). The van der Waals surface area contributed by atoms with Crippen LogP contribution in [0.1, 0.15) is 39.4 Å². The number of ether oxygens (including phenoxy) is 2. The monoisotopic (exact) mass is 280 g/mol. The molecule has 1 unspecified atom stereocenters. The number of rotatable bonds is 5. The highest BCUT2D eigenvalue weighted by Crippen LogP contribution is 2.26. The van der Waals surface area contributed by atoms with Gasteiger partial charge in [0, 0.05) is 25.3 Å². The van der Waals surface area contributed by atoms with Gasteiger partial charge >= 0.3 is 0 Å². The molecule has 0 aromatic carbocycles. The molecule has 0 spiro atoms. The summed E-state index contributed by atoms with van der Waals surface area (Å²) in [4.78, 5) is 8.61. The first-order valence-electron chi connectivity index (χ1n) is 7.10. The van der Waals surface area contributed by atoms with Crippen LogP contribution in [0.15, 0.2) is 6.07 Å². The van der Waals surface area contributed by atoms with E-state index in [4.69, 9.17) is 15.2 Å². The van der Waals surface area contributed by atoms with Crippen molar-refractivity contribution in [3.8, 4) is 0 Å². The zero-order valence-electron chi connectivity index (χ0n) is 12.5. The molecule has 1 aliphatic rings. The Morgan fingerprint density at radius 1 is 1.50 bits per heavy atom. The Bertz CT molecular complexity index is 451. The fourth-order valence-electron chi connectivity index (χ4n) is 2.41. The van der Waals surface area contributed by atoms with Crippen LogP contribution >= 0.6 is 0 Å². The molecule has 6 nitrogen and oxygen atoms in total. The Labute approximate surface area is 120 Å².